The third-order valence-corrected chi connectivity index (χ3v) is 40.7. The topological polar surface area (TPSA) is 36.9 Å². The Morgan fingerprint density at radius 3 is 0.940 bits per heavy atom. The number of rotatable bonds is 23. The van der Waals surface area contributed by atoms with Crippen molar-refractivity contribution in [1.29, 1.82) is 0 Å². The molecule has 0 amide bonds. The zero-order valence-corrected chi connectivity index (χ0v) is 54.8. The molecule has 0 heterocycles. The predicted octanol–water partition coefficient (Wildman–Crippen LogP) is 20.8. The van der Waals surface area contributed by atoms with E-state index in [-0.39, 0.29) is 11.8 Å². The van der Waals surface area contributed by atoms with Gasteiger partial charge in [-0.3, -0.25) is 0 Å². The standard InChI is InChI=1S/C56H97O4Si4.2ClH.Zr/c1-35(2)61(36(3)4,37(5)6)57-51-31-33-53(59-63(41(13)14,42(15)16)43(17)18)55-47(27-29-49(51)55)25-26-48-28-30-50-52(58-62(38(7)8,39(9)10)40(11)12)32-34-54(56(48)50)60-64(44(19)20,45(21)22)46(23)24;;;/h25,27-48H,26H2,1-24H3;2*1H;/q-1;;;+2/p-2. The van der Waals surface area contributed by atoms with Crippen LogP contribution in [0, 0.1) is 6.42 Å². The third-order valence-electron chi connectivity index (χ3n) is 16.7. The van der Waals surface area contributed by atoms with Gasteiger partial charge in [-0.25, -0.2) is 0 Å². The van der Waals surface area contributed by atoms with E-state index in [9.17, 15) is 0 Å². The van der Waals surface area contributed by atoms with Crippen LogP contribution in [0.25, 0.3) is 12.2 Å². The van der Waals surface area contributed by atoms with Crippen molar-refractivity contribution in [2.45, 2.75) is 251 Å². The molecule has 4 rings (SSSR count). The maximum absolute atomic E-state index is 7.67. The van der Waals surface area contributed by atoms with E-state index in [1.54, 1.807) is 0 Å². The maximum atomic E-state index is 7.67. The zero-order chi connectivity index (χ0) is 51.3. The predicted molar refractivity (Wildman–Crippen MR) is 304 cm³/mol. The SMILES string of the molecule is CC(C)[Si](Oc1ccc(O[Si](C(C)C)(C(C)C)C(C)C)c2c1C=CC2[CH-]CC1C=Cc2c(O[Si](C(C)C)(C(C)C)C(C)C)ccc(O[Si](C(C)C)(C(C)C)C(C)C)c21)(C(C)C)C(C)C.[Cl][Zr][Cl]. The molecule has 67 heavy (non-hydrogen) atoms. The minimum absolute atomic E-state index is 0.0968. The van der Waals surface area contributed by atoms with E-state index in [4.69, 9.17) is 34.7 Å². The first-order valence-corrected chi connectivity index (χ1v) is 41.2. The van der Waals surface area contributed by atoms with Crippen LogP contribution in [0.3, 0.4) is 0 Å². The van der Waals surface area contributed by atoms with E-state index in [2.05, 4.69) is 221 Å². The summed E-state index contributed by atoms with van der Waals surface area (Å²) >= 11 is -0.826. The number of allylic oxidation sites excluding steroid dienone is 2. The van der Waals surface area contributed by atoms with E-state index in [0.29, 0.717) is 66.5 Å². The van der Waals surface area contributed by atoms with Crippen LogP contribution in [0.2, 0.25) is 66.5 Å². The molecule has 0 saturated carbocycles. The molecule has 0 spiro atoms. The van der Waals surface area contributed by atoms with Gasteiger partial charge in [-0.2, -0.15) is 6.42 Å². The molecular formula is C56H97Cl2O4Si4Zr-. The summed E-state index contributed by atoms with van der Waals surface area (Å²) in [6, 6.07) is 9.12. The summed E-state index contributed by atoms with van der Waals surface area (Å²) in [6.07, 6.45) is 13.1. The van der Waals surface area contributed by atoms with Gasteiger partial charge in [0.1, 0.15) is 23.0 Å². The van der Waals surface area contributed by atoms with Gasteiger partial charge in [-0.15, -0.1) is 12.0 Å². The zero-order valence-electron chi connectivity index (χ0n) is 46.9. The summed E-state index contributed by atoms with van der Waals surface area (Å²) in [5, 5.41) is 0. The normalized spacial score (nSPS) is 16.6. The number of hydrogen-bond acceptors (Lipinski definition) is 4. The summed E-state index contributed by atoms with van der Waals surface area (Å²) in [5.74, 6) is 4.48. The Morgan fingerprint density at radius 1 is 0.403 bits per heavy atom. The van der Waals surface area contributed by atoms with Gasteiger partial charge in [-0.05, 0) is 102 Å². The van der Waals surface area contributed by atoms with Gasteiger partial charge in [0.2, 0.25) is 0 Å². The molecule has 2 aliphatic carbocycles. The van der Waals surface area contributed by atoms with Gasteiger partial charge in [0.25, 0.3) is 33.3 Å². The second-order valence-electron chi connectivity index (χ2n) is 23.9. The van der Waals surface area contributed by atoms with Crippen molar-refractivity contribution in [3.05, 3.63) is 65.1 Å². The molecule has 0 aromatic heterocycles. The van der Waals surface area contributed by atoms with Crippen LogP contribution in [0.1, 0.15) is 207 Å². The first kappa shape index (κ1) is 60.8. The monoisotopic (exact) mass is 1110 g/mol. The number of hydrogen-bond donors (Lipinski definition) is 0. The average molecular weight is 1110 g/mol. The number of halogens is 2. The van der Waals surface area contributed by atoms with E-state index >= 15 is 0 Å². The van der Waals surface area contributed by atoms with Crippen LogP contribution >= 0.6 is 17.0 Å². The van der Waals surface area contributed by atoms with Gasteiger partial charge < -0.3 is 24.1 Å². The van der Waals surface area contributed by atoms with Crippen molar-refractivity contribution >= 4 is 62.4 Å². The van der Waals surface area contributed by atoms with Gasteiger partial charge >= 0.3 is 37.9 Å². The molecule has 2 unspecified atom stereocenters. The van der Waals surface area contributed by atoms with E-state index < -0.39 is 54.1 Å². The second kappa shape index (κ2) is 24.9. The van der Waals surface area contributed by atoms with Crippen molar-refractivity contribution in [2.75, 3.05) is 0 Å². The molecule has 2 aromatic carbocycles. The molecule has 4 nitrogen and oxygen atoms in total. The van der Waals surface area contributed by atoms with Crippen LogP contribution in [0.15, 0.2) is 36.4 Å². The molecule has 0 aliphatic heterocycles. The van der Waals surface area contributed by atoms with Gasteiger partial charge in [0, 0.05) is 16.7 Å². The van der Waals surface area contributed by atoms with Crippen LogP contribution in [-0.2, 0) is 20.8 Å². The van der Waals surface area contributed by atoms with E-state index in [1.165, 1.54) is 22.3 Å². The van der Waals surface area contributed by atoms with Crippen LogP contribution in [-0.4, -0.2) is 33.3 Å². The third kappa shape index (κ3) is 12.0. The quantitative estimate of drug-likeness (QED) is 0.0821. The molecule has 0 bridgehead atoms. The molecule has 0 fully saturated rings. The minimum atomic E-state index is -2.27. The fourth-order valence-electron chi connectivity index (χ4n) is 14.1. The van der Waals surface area contributed by atoms with Gasteiger partial charge in [-0.1, -0.05) is 184 Å². The van der Waals surface area contributed by atoms with Crippen molar-refractivity contribution in [3.63, 3.8) is 0 Å². The summed E-state index contributed by atoms with van der Waals surface area (Å²) in [4.78, 5) is 0. The van der Waals surface area contributed by atoms with Crippen LogP contribution in [0.5, 0.6) is 23.0 Å². The molecule has 2 atom stereocenters. The van der Waals surface area contributed by atoms with Crippen LogP contribution < -0.4 is 17.7 Å². The Bertz CT molecular complexity index is 1730. The van der Waals surface area contributed by atoms with Gasteiger partial charge in [0.05, 0.1) is 0 Å². The first-order chi connectivity index (χ1) is 31.0. The Kier molecular flexibility index (Phi) is 22.6. The summed E-state index contributed by atoms with van der Waals surface area (Å²) in [5.41, 5.74) is 10.8. The number of fused-ring (bicyclic) bond motifs is 2. The van der Waals surface area contributed by atoms with E-state index in [1.807, 2.05) is 0 Å². The fourth-order valence-corrected chi connectivity index (χ4v) is 35.1. The Morgan fingerprint density at radius 2 is 0.642 bits per heavy atom. The van der Waals surface area contributed by atoms with Crippen LogP contribution in [0.4, 0.5) is 0 Å². The van der Waals surface area contributed by atoms with Crippen molar-refractivity contribution in [3.8, 4) is 23.0 Å². The Hall–Kier alpha value is -0.549. The van der Waals surface area contributed by atoms with Crippen molar-refractivity contribution in [2.24, 2.45) is 0 Å². The molecular weight excluding hydrogens is 1010 g/mol. The molecule has 11 heteroatoms. The fraction of sp³-hybridized carbons (Fsp3) is 0.696. The Balaban J connectivity index is 0.00000386. The number of benzene rings is 2. The van der Waals surface area contributed by atoms with E-state index in [0.717, 1.165) is 29.4 Å². The molecule has 2 aliphatic rings. The molecule has 2 aromatic rings. The van der Waals surface area contributed by atoms with Gasteiger partial charge in [0.15, 0.2) is 0 Å². The second-order valence-corrected chi connectivity index (χ2v) is 49.1. The average Bonchev–Trinajstić information content (AvgIpc) is 3.84. The first-order valence-electron chi connectivity index (χ1n) is 26.3. The molecule has 0 saturated heterocycles. The summed E-state index contributed by atoms with van der Waals surface area (Å²) in [7, 11) is 0.869. The van der Waals surface area contributed by atoms with Crippen molar-refractivity contribution < 1.29 is 38.6 Å². The molecule has 380 valence electrons. The summed E-state index contributed by atoms with van der Waals surface area (Å²) in [6.45, 7) is 57.4. The van der Waals surface area contributed by atoms with Crippen molar-refractivity contribution in [1.82, 2.24) is 0 Å². The summed E-state index contributed by atoms with van der Waals surface area (Å²) < 4.78 is 30.4. The molecule has 0 N–H and O–H groups in total. The Labute approximate surface area is 436 Å². The molecule has 0 radical (unpaired) electrons.